The maximum absolute atomic E-state index is 14.7. The van der Waals surface area contributed by atoms with Crippen molar-refractivity contribution in [3.8, 4) is 0 Å². The molecule has 14 N–H and O–H groups in total. The van der Waals surface area contributed by atoms with E-state index in [0.29, 0.717) is 30.3 Å². The van der Waals surface area contributed by atoms with Crippen LogP contribution in [-0.4, -0.2) is 141 Å². The minimum absolute atomic E-state index is 0.0246. The maximum atomic E-state index is 14.7. The molecule has 382 valence electrons. The number of fused-ring (bicyclic) bond motifs is 1. The van der Waals surface area contributed by atoms with Crippen LogP contribution < -0.4 is 48.7 Å². The summed E-state index contributed by atoms with van der Waals surface area (Å²) in [6, 6.07) is 14.2. The Morgan fingerprint density at radius 3 is 1.97 bits per heavy atom. The second kappa shape index (κ2) is 27.9. The Bertz CT molecular complexity index is 2430. The lowest BCUT2D eigenvalue weighted by molar-refractivity contribution is -0.136. The van der Waals surface area contributed by atoms with Crippen LogP contribution >= 0.6 is 21.6 Å². The second-order valence-electron chi connectivity index (χ2n) is 17.3. The summed E-state index contributed by atoms with van der Waals surface area (Å²) in [6.07, 6.45) is -0.0194. The van der Waals surface area contributed by atoms with E-state index in [1.165, 1.54) is 13.8 Å². The molecule has 0 unspecified atom stereocenters. The van der Waals surface area contributed by atoms with Gasteiger partial charge in [0.15, 0.2) is 0 Å². The van der Waals surface area contributed by atoms with Crippen LogP contribution in [0.4, 0.5) is 0 Å². The van der Waals surface area contributed by atoms with Gasteiger partial charge in [-0.15, -0.1) is 0 Å². The molecule has 20 nitrogen and oxygen atoms in total. The third-order valence-electron chi connectivity index (χ3n) is 11.7. The molecule has 0 spiro atoms. The zero-order chi connectivity index (χ0) is 51.5. The van der Waals surface area contributed by atoms with Gasteiger partial charge >= 0.3 is 0 Å². The Morgan fingerprint density at radius 1 is 0.732 bits per heavy atom. The third-order valence-corrected chi connectivity index (χ3v) is 14.1. The molecule has 0 bridgehead atoms. The number of aliphatic hydroxyl groups excluding tert-OH is 2. The number of aliphatic hydroxyl groups is 2. The topological polar surface area (TPSA) is 329 Å². The normalized spacial score (nSPS) is 22.8. The highest BCUT2D eigenvalue weighted by Gasteiger charge is 2.36. The fourth-order valence-corrected chi connectivity index (χ4v) is 9.99. The molecule has 4 aromatic rings. The predicted octanol–water partition coefficient (Wildman–Crippen LogP) is -0.599. The average molecular weight is 1020 g/mol. The first-order chi connectivity index (χ1) is 34.1. The number of aldehydes is 1. The average Bonchev–Trinajstić information content (AvgIpc) is 3.76. The highest BCUT2D eigenvalue weighted by Crippen LogP contribution is 2.24. The zero-order valence-electron chi connectivity index (χ0n) is 39.5. The van der Waals surface area contributed by atoms with Crippen LogP contribution in [0.5, 0.6) is 0 Å². The first-order valence-corrected chi connectivity index (χ1v) is 25.8. The monoisotopic (exact) mass is 1020 g/mol. The Balaban J connectivity index is 1.57. The molecular weight excluding hydrogens is 953 g/mol. The van der Waals surface area contributed by atoms with Gasteiger partial charge in [-0.2, -0.15) is 0 Å². The summed E-state index contributed by atoms with van der Waals surface area (Å²) >= 11 is 0. The van der Waals surface area contributed by atoms with Gasteiger partial charge in [0.2, 0.25) is 41.4 Å². The Labute approximate surface area is 419 Å². The van der Waals surface area contributed by atoms with Crippen molar-refractivity contribution >= 4 is 80.1 Å². The highest BCUT2D eigenvalue weighted by molar-refractivity contribution is 8.76. The van der Waals surface area contributed by atoms with Gasteiger partial charge in [0.25, 0.3) is 0 Å². The first-order valence-electron chi connectivity index (χ1n) is 23.3. The van der Waals surface area contributed by atoms with Crippen molar-refractivity contribution in [2.75, 3.05) is 18.1 Å². The molecule has 1 saturated heterocycles. The van der Waals surface area contributed by atoms with Crippen LogP contribution in [0.1, 0.15) is 49.8 Å². The Morgan fingerprint density at radius 2 is 1.32 bits per heavy atom. The lowest BCUT2D eigenvalue weighted by Gasteiger charge is -2.29. The number of H-pyrrole nitrogens is 1. The van der Waals surface area contributed by atoms with E-state index >= 15 is 0 Å². The Kier molecular flexibility index (Phi) is 21.9. The number of carbonyl (C=O) groups is 8. The van der Waals surface area contributed by atoms with Crippen molar-refractivity contribution in [2.24, 2.45) is 11.5 Å². The molecule has 22 heteroatoms. The summed E-state index contributed by atoms with van der Waals surface area (Å²) in [5.41, 5.74) is 15.0. The molecule has 3 aromatic carbocycles. The molecule has 0 radical (unpaired) electrons. The molecule has 1 aliphatic rings. The number of hydrogen-bond acceptors (Lipinski definition) is 14. The standard InChI is InChI=1S/C49H64N10O10S2/c1-28(61)39(25-60)56-48(68)41-27-71-70-26-40(57-43(63)34(51)21-30-13-5-3-6-14-30)47(67)54-37(22-31-15-7-4-8-16-31)45(65)55-38(23-32-24-52-35-18-10-9-17-33(32)35)46(66)53-36(19-11-12-20-50)44(64)59-42(29(2)62)49(69)58-41/h3-10,13-18,24-25,28-29,34,36-42,52,61-62H,11-12,19-23,26-27,50-51H2,1-2H3,(H,53,66)(H,54,67)(H,55,65)(H,56,68)(H,57,63)(H,58,69)(H,59,64)/t28-,29-,34-,36+,37+,38-,39-,40+,41+,42+/m1/s1. The lowest BCUT2D eigenvalue weighted by Crippen LogP contribution is -2.62. The summed E-state index contributed by atoms with van der Waals surface area (Å²) < 4.78 is 0. The Hall–Kier alpha value is -6.30. The van der Waals surface area contributed by atoms with Gasteiger partial charge in [-0.05, 0) is 68.8 Å². The fraction of sp³-hybridized carbons (Fsp3) is 0.429. The number of nitrogens with two attached hydrogens (primary N) is 2. The molecule has 1 fully saturated rings. The van der Waals surface area contributed by atoms with E-state index in [-0.39, 0.29) is 43.7 Å². The van der Waals surface area contributed by atoms with Crippen molar-refractivity contribution in [1.29, 1.82) is 0 Å². The van der Waals surface area contributed by atoms with Crippen molar-refractivity contribution in [1.82, 2.24) is 42.2 Å². The highest BCUT2D eigenvalue weighted by atomic mass is 33.1. The van der Waals surface area contributed by atoms with Crippen LogP contribution in [0.15, 0.2) is 91.1 Å². The number of aromatic amines is 1. The second-order valence-corrected chi connectivity index (χ2v) is 19.9. The lowest BCUT2D eigenvalue weighted by atomic mass is 10.0. The summed E-state index contributed by atoms with van der Waals surface area (Å²) in [5, 5.41) is 40.3. The molecular formula is C49H64N10O10S2. The summed E-state index contributed by atoms with van der Waals surface area (Å²) in [7, 11) is 2.01. The quantitative estimate of drug-likeness (QED) is 0.0357. The van der Waals surface area contributed by atoms with Crippen LogP contribution in [0, 0.1) is 0 Å². The van der Waals surface area contributed by atoms with Crippen molar-refractivity contribution < 1.29 is 48.6 Å². The van der Waals surface area contributed by atoms with Crippen LogP contribution in [0.3, 0.4) is 0 Å². The molecule has 2 heterocycles. The number of unbranched alkanes of at least 4 members (excludes halogenated alkanes) is 1. The van der Waals surface area contributed by atoms with Crippen LogP contribution in [0.2, 0.25) is 0 Å². The van der Waals surface area contributed by atoms with E-state index in [1.807, 2.05) is 30.3 Å². The van der Waals surface area contributed by atoms with Crippen molar-refractivity contribution in [3.05, 3.63) is 108 Å². The number of carbonyl (C=O) groups excluding carboxylic acids is 8. The number of hydrogen-bond donors (Lipinski definition) is 12. The van der Waals surface area contributed by atoms with Gasteiger partial charge in [-0.25, -0.2) is 0 Å². The molecule has 7 amide bonds. The predicted molar refractivity (Wildman–Crippen MR) is 271 cm³/mol. The van der Waals surface area contributed by atoms with Crippen LogP contribution in [0.25, 0.3) is 10.9 Å². The molecule has 1 aliphatic heterocycles. The van der Waals surface area contributed by atoms with E-state index in [9.17, 15) is 48.6 Å². The minimum atomic E-state index is -1.68. The van der Waals surface area contributed by atoms with Crippen LogP contribution in [-0.2, 0) is 57.6 Å². The van der Waals surface area contributed by atoms with Gasteiger partial charge in [-0.3, -0.25) is 33.6 Å². The number of benzene rings is 3. The van der Waals surface area contributed by atoms with Gasteiger partial charge < -0.3 is 68.7 Å². The summed E-state index contributed by atoms with van der Waals surface area (Å²) in [6.45, 7) is 2.78. The molecule has 0 aliphatic carbocycles. The molecule has 0 saturated carbocycles. The molecule has 10 atom stereocenters. The molecule has 71 heavy (non-hydrogen) atoms. The number of rotatable bonds is 17. The van der Waals surface area contributed by atoms with Gasteiger partial charge in [0, 0.05) is 41.4 Å². The van der Waals surface area contributed by atoms with Gasteiger partial charge in [0.1, 0.15) is 48.6 Å². The molecule has 5 rings (SSSR count). The van der Waals surface area contributed by atoms with Gasteiger partial charge in [0.05, 0.1) is 18.2 Å². The summed E-state index contributed by atoms with van der Waals surface area (Å²) in [4.78, 5) is 114. The molecule has 1 aromatic heterocycles. The van der Waals surface area contributed by atoms with E-state index in [4.69, 9.17) is 11.5 Å². The van der Waals surface area contributed by atoms with Crippen molar-refractivity contribution in [3.63, 3.8) is 0 Å². The maximum Gasteiger partial charge on any atom is 0.245 e. The van der Waals surface area contributed by atoms with Gasteiger partial charge in [-0.1, -0.05) is 100 Å². The fourth-order valence-electron chi connectivity index (χ4n) is 7.66. The van der Waals surface area contributed by atoms with E-state index in [1.54, 1.807) is 60.8 Å². The van der Waals surface area contributed by atoms with E-state index in [2.05, 4.69) is 42.2 Å². The van der Waals surface area contributed by atoms with E-state index < -0.39 is 102 Å². The minimum Gasteiger partial charge on any atom is -0.391 e. The zero-order valence-corrected chi connectivity index (χ0v) is 41.1. The number of aromatic nitrogens is 1. The van der Waals surface area contributed by atoms with Crippen molar-refractivity contribution in [2.45, 2.75) is 113 Å². The van der Waals surface area contributed by atoms with E-state index in [0.717, 1.165) is 38.1 Å². The number of nitrogens with one attached hydrogen (secondary N) is 8. The smallest absolute Gasteiger partial charge is 0.245 e. The summed E-state index contributed by atoms with van der Waals surface area (Å²) in [5.74, 6) is -6.21. The first kappa shape index (κ1) is 55.6. The number of para-hydroxylation sites is 1. The third kappa shape index (κ3) is 16.9. The largest absolute Gasteiger partial charge is 0.391 e. The SMILES string of the molecule is C[C@@H](O)[C@@H]1NC(=O)[C@H](CCCCN)NC(=O)[C@@H](Cc2c[nH]c3ccccc23)NC(=O)[C@H](Cc2ccccc2)NC(=O)[C@@H](NC(=O)[C@H](N)Cc2ccccc2)CSSC[C@@H](C(=O)N[C@H](C=O)[C@@H](C)O)NC1=O. The number of amides is 7.